The summed E-state index contributed by atoms with van der Waals surface area (Å²) in [7, 11) is 0. The Morgan fingerprint density at radius 3 is 2.73 bits per heavy atom. The van der Waals surface area contributed by atoms with Crippen LogP contribution >= 0.6 is 0 Å². The highest BCUT2D eigenvalue weighted by Crippen LogP contribution is 2.49. The SMILES string of the molecule is CC1(C)CC2(CCO1)CN(Cc1ccccc1)CC2C(=O)O. The number of benzene rings is 1. The van der Waals surface area contributed by atoms with Crippen LogP contribution in [0.3, 0.4) is 0 Å². The minimum absolute atomic E-state index is 0.150. The van der Waals surface area contributed by atoms with Crippen molar-refractivity contribution >= 4 is 5.97 Å². The van der Waals surface area contributed by atoms with E-state index in [1.807, 2.05) is 18.2 Å². The fourth-order valence-electron chi connectivity index (χ4n) is 4.32. The van der Waals surface area contributed by atoms with Crippen LogP contribution in [0.2, 0.25) is 0 Å². The number of aliphatic carboxylic acids is 1. The van der Waals surface area contributed by atoms with E-state index in [1.54, 1.807) is 0 Å². The molecule has 3 rings (SSSR count). The zero-order valence-corrected chi connectivity index (χ0v) is 13.4. The van der Waals surface area contributed by atoms with Gasteiger partial charge in [0, 0.05) is 31.7 Å². The molecule has 0 radical (unpaired) electrons. The lowest BCUT2D eigenvalue weighted by Crippen LogP contribution is -2.47. The van der Waals surface area contributed by atoms with Gasteiger partial charge in [0.15, 0.2) is 0 Å². The maximum absolute atomic E-state index is 11.8. The van der Waals surface area contributed by atoms with E-state index in [9.17, 15) is 9.90 Å². The molecule has 1 aromatic carbocycles. The molecule has 0 saturated carbocycles. The zero-order chi connectivity index (χ0) is 15.8. The van der Waals surface area contributed by atoms with E-state index in [0.29, 0.717) is 13.2 Å². The molecule has 0 aromatic heterocycles. The number of rotatable bonds is 3. The predicted molar refractivity (Wildman–Crippen MR) is 84.5 cm³/mol. The van der Waals surface area contributed by atoms with Crippen LogP contribution in [-0.2, 0) is 16.1 Å². The van der Waals surface area contributed by atoms with E-state index < -0.39 is 5.97 Å². The quantitative estimate of drug-likeness (QED) is 0.933. The van der Waals surface area contributed by atoms with Crippen molar-refractivity contribution in [2.45, 2.75) is 38.8 Å². The van der Waals surface area contributed by atoms with Crippen LogP contribution in [0.5, 0.6) is 0 Å². The smallest absolute Gasteiger partial charge is 0.308 e. The second-order valence-corrected chi connectivity index (χ2v) is 7.44. The first-order valence-electron chi connectivity index (χ1n) is 8.03. The van der Waals surface area contributed by atoms with Crippen molar-refractivity contribution in [3.8, 4) is 0 Å². The molecule has 1 N–H and O–H groups in total. The van der Waals surface area contributed by atoms with Gasteiger partial charge in [0.2, 0.25) is 0 Å². The van der Waals surface area contributed by atoms with Crippen LogP contribution in [-0.4, -0.2) is 41.3 Å². The van der Waals surface area contributed by atoms with Crippen molar-refractivity contribution in [3.05, 3.63) is 35.9 Å². The number of hydrogen-bond donors (Lipinski definition) is 1. The van der Waals surface area contributed by atoms with Gasteiger partial charge in [-0.3, -0.25) is 9.69 Å². The number of ether oxygens (including phenoxy) is 1. The molecule has 1 aromatic rings. The molecule has 22 heavy (non-hydrogen) atoms. The van der Waals surface area contributed by atoms with Crippen LogP contribution < -0.4 is 0 Å². The van der Waals surface area contributed by atoms with Gasteiger partial charge in [0.25, 0.3) is 0 Å². The third-order valence-electron chi connectivity index (χ3n) is 5.14. The molecule has 2 aliphatic rings. The fourth-order valence-corrected chi connectivity index (χ4v) is 4.32. The molecular formula is C18H25NO3. The number of nitrogens with zero attached hydrogens (tertiary/aromatic N) is 1. The lowest BCUT2D eigenvalue weighted by Gasteiger charge is -2.44. The molecule has 2 saturated heterocycles. The van der Waals surface area contributed by atoms with E-state index in [0.717, 1.165) is 25.9 Å². The third kappa shape index (κ3) is 3.03. The van der Waals surface area contributed by atoms with Crippen LogP contribution in [0.15, 0.2) is 30.3 Å². The monoisotopic (exact) mass is 303 g/mol. The molecule has 120 valence electrons. The van der Waals surface area contributed by atoms with Crippen LogP contribution in [0.4, 0.5) is 0 Å². The molecule has 2 unspecified atom stereocenters. The summed E-state index contributed by atoms with van der Waals surface area (Å²) in [4.78, 5) is 14.1. The van der Waals surface area contributed by atoms with Gasteiger partial charge >= 0.3 is 5.97 Å². The first-order chi connectivity index (χ1) is 10.4. The normalized spacial score (nSPS) is 31.5. The van der Waals surface area contributed by atoms with Crippen molar-refractivity contribution in [2.75, 3.05) is 19.7 Å². The first kappa shape index (κ1) is 15.5. The summed E-state index contributed by atoms with van der Waals surface area (Å²) >= 11 is 0. The van der Waals surface area contributed by atoms with E-state index in [4.69, 9.17) is 4.74 Å². The Morgan fingerprint density at radius 1 is 1.36 bits per heavy atom. The predicted octanol–water partition coefficient (Wildman–Crippen LogP) is 2.78. The topological polar surface area (TPSA) is 49.8 Å². The molecule has 1 spiro atoms. The molecule has 4 nitrogen and oxygen atoms in total. The van der Waals surface area contributed by atoms with Crippen molar-refractivity contribution in [1.82, 2.24) is 4.90 Å². The summed E-state index contributed by atoms with van der Waals surface area (Å²) in [5, 5.41) is 9.72. The fraction of sp³-hybridized carbons (Fsp3) is 0.611. The zero-order valence-electron chi connectivity index (χ0n) is 13.4. The highest BCUT2D eigenvalue weighted by molar-refractivity contribution is 5.72. The lowest BCUT2D eigenvalue weighted by atomic mass is 9.67. The number of carbonyl (C=O) groups is 1. The van der Waals surface area contributed by atoms with Crippen molar-refractivity contribution < 1.29 is 14.6 Å². The molecule has 0 aliphatic carbocycles. The summed E-state index contributed by atoms with van der Waals surface area (Å²) in [6.07, 6.45) is 1.67. The Morgan fingerprint density at radius 2 is 2.09 bits per heavy atom. The second kappa shape index (κ2) is 5.67. The second-order valence-electron chi connectivity index (χ2n) is 7.44. The highest BCUT2D eigenvalue weighted by Gasteiger charge is 2.54. The van der Waals surface area contributed by atoms with Crippen molar-refractivity contribution in [1.29, 1.82) is 0 Å². The van der Waals surface area contributed by atoms with Gasteiger partial charge in [0.1, 0.15) is 0 Å². The van der Waals surface area contributed by atoms with Gasteiger partial charge in [-0.05, 0) is 32.3 Å². The van der Waals surface area contributed by atoms with Crippen molar-refractivity contribution in [3.63, 3.8) is 0 Å². The lowest BCUT2D eigenvalue weighted by molar-refractivity contribution is -0.153. The summed E-state index contributed by atoms with van der Waals surface area (Å²) in [6, 6.07) is 10.3. The Balaban J connectivity index is 1.79. The van der Waals surface area contributed by atoms with Gasteiger partial charge in [-0.1, -0.05) is 30.3 Å². The largest absolute Gasteiger partial charge is 0.481 e. The van der Waals surface area contributed by atoms with Gasteiger partial charge < -0.3 is 9.84 Å². The molecule has 4 heteroatoms. The van der Waals surface area contributed by atoms with Crippen LogP contribution in [0.25, 0.3) is 0 Å². The molecule has 0 bridgehead atoms. The average molecular weight is 303 g/mol. The number of carboxylic acid groups (broad SMARTS) is 1. The van der Waals surface area contributed by atoms with E-state index in [1.165, 1.54) is 5.56 Å². The Bertz CT molecular complexity index is 543. The highest BCUT2D eigenvalue weighted by atomic mass is 16.5. The maximum atomic E-state index is 11.8. The third-order valence-corrected chi connectivity index (χ3v) is 5.14. The van der Waals surface area contributed by atoms with Crippen LogP contribution in [0, 0.1) is 11.3 Å². The molecule has 2 heterocycles. The summed E-state index contributed by atoms with van der Waals surface area (Å²) < 4.78 is 5.82. The minimum atomic E-state index is -0.659. The Labute approximate surface area is 132 Å². The summed E-state index contributed by atoms with van der Waals surface area (Å²) in [6.45, 7) is 7.13. The van der Waals surface area contributed by atoms with Gasteiger partial charge in [-0.15, -0.1) is 0 Å². The molecule has 2 atom stereocenters. The molecule has 0 amide bonds. The maximum Gasteiger partial charge on any atom is 0.308 e. The van der Waals surface area contributed by atoms with Crippen LogP contribution in [0.1, 0.15) is 32.3 Å². The Kier molecular flexibility index (Phi) is 4.00. The minimum Gasteiger partial charge on any atom is -0.481 e. The van der Waals surface area contributed by atoms with E-state index in [2.05, 4.69) is 30.9 Å². The number of likely N-dealkylation sites (tertiary alicyclic amines) is 1. The standard InChI is InChI=1S/C18H25NO3/c1-17(2)12-18(8-9-22-17)13-19(11-15(18)16(20)21)10-14-6-4-3-5-7-14/h3-7,15H,8-13H2,1-2H3,(H,20,21). The average Bonchev–Trinajstić information content (AvgIpc) is 2.76. The van der Waals surface area contributed by atoms with E-state index in [-0.39, 0.29) is 16.9 Å². The van der Waals surface area contributed by atoms with Gasteiger partial charge in [-0.25, -0.2) is 0 Å². The summed E-state index contributed by atoms with van der Waals surface area (Å²) in [5.74, 6) is -0.951. The number of hydrogen-bond acceptors (Lipinski definition) is 3. The molecule has 2 aliphatic heterocycles. The number of carboxylic acids is 1. The Hall–Kier alpha value is -1.39. The molecule has 2 fully saturated rings. The van der Waals surface area contributed by atoms with Gasteiger partial charge in [-0.2, -0.15) is 0 Å². The summed E-state index contributed by atoms with van der Waals surface area (Å²) in [5.41, 5.74) is 0.867. The molecular weight excluding hydrogens is 278 g/mol. The van der Waals surface area contributed by atoms with Gasteiger partial charge in [0.05, 0.1) is 11.5 Å². The van der Waals surface area contributed by atoms with E-state index >= 15 is 0 Å². The van der Waals surface area contributed by atoms with Crippen molar-refractivity contribution in [2.24, 2.45) is 11.3 Å². The first-order valence-corrected chi connectivity index (χ1v) is 8.03.